The van der Waals surface area contributed by atoms with Gasteiger partial charge in [-0.05, 0) is 59.8 Å². The van der Waals surface area contributed by atoms with Crippen LogP contribution in [0.15, 0.2) is 0 Å². The third-order valence-corrected chi connectivity index (χ3v) is 3.14. The summed E-state index contributed by atoms with van der Waals surface area (Å²) < 4.78 is 5.10. The Balaban J connectivity index is 0. The van der Waals surface area contributed by atoms with Gasteiger partial charge in [-0.1, -0.05) is 33.6 Å². The summed E-state index contributed by atoms with van der Waals surface area (Å²) in [4.78, 5) is 13.6. The number of nitrogens with one attached hydrogen (secondary N) is 1. The molecule has 0 fully saturated rings. The molecule has 22 heavy (non-hydrogen) atoms. The number of nitrogens with zero attached hydrogens (tertiary/aromatic N) is 1. The Bertz CT molecular complexity index is 243. The molecule has 0 unspecified atom stereocenters. The topological polar surface area (TPSA) is 67.6 Å². The van der Waals surface area contributed by atoms with E-state index in [1.54, 1.807) is 0 Å². The Morgan fingerprint density at radius 3 is 1.86 bits per heavy atom. The summed E-state index contributed by atoms with van der Waals surface area (Å²) in [5.74, 6) is 0. The van der Waals surface area contributed by atoms with Crippen molar-refractivity contribution in [3.8, 4) is 0 Å². The van der Waals surface area contributed by atoms with Crippen molar-refractivity contribution in [3.05, 3.63) is 0 Å². The van der Waals surface area contributed by atoms with Crippen LogP contribution in [0.2, 0.25) is 0 Å². The van der Waals surface area contributed by atoms with Gasteiger partial charge in [0.25, 0.3) is 0 Å². The van der Waals surface area contributed by atoms with Crippen LogP contribution >= 0.6 is 0 Å². The number of alkyl carbamates (subject to hydrolysis) is 1. The van der Waals surface area contributed by atoms with E-state index in [2.05, 4.69) is 31.0 Å². The van der Waals surface area contributed by atoms with Gasteiger partial charge in [0.1, 0.15) is 5.60 Å². The highest BCUT2D eigenvalue weighted by Gasteiger charge is 2.15. The minimum atomic E-state index is -0.413. The van der Waals surface area contributed by atoms with Crippen molar-refractivity contribution in [2.45, 2.75) is 72.8 Å². The minimum Gasteiger partial charge on any atom is -0.444 e. The molecule has 0 aromatic rings. The molecule has 5 heteroatoms. The number of hydrogen-bond acceptors (Lipinski definition) is 4. The number of amides is 1. The number of hydrogen-bond donors (Lipinski definition) is 2. The smallest absolute Gasteiger partial charge is 0.407 e. The third kappa shape index (κ3) is 19.2. The predicted octanol–water partition coefficient (Wildman–Crippen LogP) is 3.38. The van der Waals surface area contributed by atoms with E-state index in [0.29, 0.717) is 6.54 Å². The molecule has 0 saturated carbocycles. The second-order valence-electron chi connectivity index (χ2n) is 6.25. The summed E-state index contributed by atoms with van der Waals surface area (Å²) in [5.41, 5.74) is 4.96. The van der Waals surface area contributed by atoms with Gasteiger partial charge in [-0.2, -0.15) is 0 Å². The van der Waals surface area contributed by atoms with Crippen molar-refractivity contribution in [2.75, 3.05) is 32.7 Å². The van der Waals surface area contributed by atoms with Crippen molar-refractivity contribution in [1.29, 1.82) is 0 Å². The Morgan fingerprint density at radius 2 is 1.50 bits per heavy atom. The first-order chi connectivity index (χ1) is 10.3. The van der Waals surface area contributed by atoms with Crippen molar-refractivity contribution in [3.63, 3.8) is 0 Å². The maximum atomic E-state index is 11.2. The van der Waals surface area contributed by atoms with E-state index in [0.717, 1.165) is 32.2 Å². The van der Waals surface area contributed by atoms with E-state index < -0.39 is 5.60 Å². The zero-order valence-electron chi connectivity index (χ0n) is 15.7. The van der Waals surface area contributed by atoms with Gasteiger partial charge in [0.05, 0.1) is 0 Å². The van der Waals surface area contributed by atoms with Gasteiger partial charge in [-0.3, -0.25) is 0 Å². The van der Waals surface area contributed by atoms with Crippen molar-refractivity contribution in [1.82, 2.24) is 10.2 Å². The Hall–Kier alpha value is -0.810. The highest BCUT2D eigenvalue weighted by atomic mass is 16.6. The molecule has 0 aliphatic heterocycles. The zero-order valence-corrected chi connectivity index (χ0v) is 15.7. The first-order valence-corrected chi connectivity index (χ1v) is 8.69. The molecule has 0 aliphatic carbocycles. The van der Waals surface area contributed by atoms with Crippen molar-refractivity contribution < 1.29 is 9.53 Å². The summed E-state index contributed by atoms with van der Waals surface area (Å²) in [5, 5.41) is 2.72. The van der Waals surface area contributed by atoms with Crippen LogP contribution in [0.25, 0.3) is 0 Å². The average molecular weight is 318 g/mol. The lowest BCUT2D eigenvalue weighted by Gasteiger charge is -2.19. The minimum absolute atomic E-state index is 0.332. The standard InChI is InChI=1S/C11H24N2O2.C6H15N/c1-11(2,3)15-10(14)13-9-7-5-4-6-8-12;1-4-7(5-2)6-3/h4-9,12H2,1-3H3,(H,13,14);4-6H2,1-3H3. The van der Waals surface area contributed by atoms with Crippen molar-refractivity contribution in [2.24, 2.45) is 5.73 Å². The molecule has 134 valence electrons. The van der Waals surface area contributed by atoms with Crippen LogP contribution in [0.1, 0.15) is 67.2 Å². The summed E-state index contributed by atoms with van der Waals surface area (Å²) in [6, 6.07) is 0. The molecular weight excluding hydrogens is 278 g/mol. The lowest BCUT2D eigenvalue weighted by molar-refractivity contribution is 0.0527. The fourth-order valence-corrected chi connectivity index (χ4v) is 1.80. The molecule has 0 bridgehead atoms. The number of carbonyl (C=O) groups excluding carboxylic acids is 1. The molecule has 0 atom stereocenters. The highest BCUT2D eigenvalue weighted by Crippen LogP contribution is 2.06. The van der Waals surface area contributed by atoms with Crippen LogP contribution in [0, 0.1) is 0 Å². The molecule has 0 saturated heterocycles. The first-order valence-electron chi connectivity index (χ1n) is 8.69. The monoisotopic (exact) mass is 317 g/mol. The van der Waals surface area contributed by atoms with Gasteiger partial charge < -0.3 is 20.7 Å². The predicted molar refractivity (Wildman–Crippen MR) is 95.2 cm³/mol. The quantitative estimate of drug-likeness (QED) is 0.640. The summed E-state index contributed by atoms with van der Waals surface area (Å²) in [6.45, 7) is 17.1. The number of nitrogens with two attached hydrogens (primary N) is 1. The van der Waals surface area contributed by atoms with E-state index in [4.69, 9.17) is 10.5 Å². The number of ether oxygens (including phenoxy) is 1. The van der Waals surface area contributed by atoms with Crippen LogP contribution < -0.4 is 11.1 Å². The van der Waals surface area contributed by atoms with Crippen LogP contribution in [-0.4, -0.2) is 49.3 Å². The molecule has 0 aromatic heterocycles. The molecule has 5 nitrogen and oxygen atoms in total. The van der Waals surface area contributed by atoms with Crippen LogP contribution in [0.5, 0.6) is 0 Å². The van der Waals surface area contributed by atoms with E-state index >= 15 is 0 Å². The Morgan fingerprint density at radius 1 is 1.00 bits per heavy atom. The maximum absolute atomic E-state index is 11.2. The van der Waals surface area contributed by atoms with Gasteiger partial charge >= 0.3 is 6.09 Å². The molecule has 0 heterocycles. The molecule has 0 aromatic carbocycles. The van der Waals surface area contributed by atoms with E-state index in [9.17, 15) is 4.79 Å². The Kier molecular flexibility index (Phi) is 16.1. The third-order valence-electron chi connectivity index (χ3n) is 3.14. The second-order valence-corrected chi connectivity index (χ2v) is 6.25. The largest absolute Gasteiger partial charge is 0.444 e. The molecule has 1 amide bonds. The van der Waals surface area contributed by atoms with E-state index in [1.165, 1.54) is 19.6 Å². The van der Waals surface area contributed by atoms with Crippen molar-refractivity contribution >= 4 is 6.09 Å². The SMILES string of the molecule is CC(C)(C)OC(=O)NCCCCCCN.CCN(CC)CC. The van der Waals surface area contributed by atoms with Crippen LogP contribution in [0.3, 0.4) is 0 Å². The average Bonchev–Trinajstić information content (AvgIpc) is 2.43. The van der Waals surface area contributed by atoms with Gasteiger partial charge in [0.2, 0.25) is 0 Å². The maximum Gasteiger partial charge on any atom is 0.407 e. The van der Waals surface area contributed by atoms with Crippen LogP contribution in [0.4, 0.5) is 4.79 Å². The lowest BCUT2D eigenvalue weighted by atomic mass is 10.2. The number of carbonyl (C=O) groups is 1. The van der Waals surface area contributed by atoms with Gasteiger partial charge in [-0.25, -0.2) is 4.79 Å². The molecular formula is C17H39N3O2. The lowest BCUT2D eigenvalue weighted by Crippen LogP contribution is -2.32. The molecule has 0 spiro atoms. The number of rotatable bonds is 9. The Labute approximate surface area is 138 Å². The second kappa shape index (κ2) is 15.1. The number of unbranched alkanes of at least 4 members (excludes halogenated alkanes) is 3. The van der Waals surface area contributed by atoms with Gasteiger partial charge in [-0.15, -0.1) is 0 Å². The molecule has 0 aliphatic rings. The normalized spacial score (nSPS) is 10.9. The van der Waals surface area contributed by atoms with Gasteiger partial charge in [0.15, 0.2) is 0 Å². The zero-order chi connectivity index (χ0) is 17.4. The first kappa shape index (κ1) is 23.5. The summed E-state index contributed by atoms with van der Waals surface area (Å²) in [6.07, 6.45) is 3.95. The fraction of sp³-hybridized carbons (Fsp3) is 0.941. The van der Waals surface area contributed by atoms with E-state index in [-0.39, 0.29) is 6.09 Å². The highest BCUT2D eigenvalue weighted by molar-refractivity contribution is 5.67. The fourth-order valence-electron chi connectivity index (χ4n) is 1.80. The molecule has 0 rings (SSSR count). The van der Waals surface area contributed by atoms with Gasteiger partial charge in [0, 0.05) is 6.54 Å². The van der Waals surface area contributed by atoms with Crippen LogP contribution in [-0.2, 0) is 4.74 Å². The molecule has 0 radical (unpaired) electrons. The molecule has 3 N–H and O–H groups in total. The summed E-state index contributed by atoms with van der Waals surface area (Å²) >= 11 is 0. The van der Waals surface area contributed by atoms with E-state index in [1.807, 2.05) is 20.8 Å². The summed E-state index contributed by atoms with van der Waals surface area (Å²) in [7, 11) is 0.